The van der Waals surface area contributed by atoms with Crippen molar-refractivity contribution in [3.63, 3.8) is 0 Å². The molecule has 0 spiro atoms. The summed E-state index contributed by atoms with van der Waals surface area (Å²) in [5.74, 6) is -1.28. The lowest BCUT2D eigenvalue weighted by Gasteiger charge is -2.26. The summed E-state index contributed by atoms with van der Waals surface area (Å²) in [6.45, 7) is 6.04. The highest BCUT2D eigenvalue weighted by Crippen LogP contribution is 2.41. The maximum absolute atomic E-state index is 13.3. The molecule has 36 heavy (non-hydrogen) atoms. The van der Waals surface area contributed by atoms with Crippen LogP contribution in [0.1, 0.15) is 36.6 Å². The quantitative estimate of drug-likeness (QED) is 0.257. The molecule has 0 aliphatic carbocycles. The van der Waals surface area contributed by atoms with Crippen LogP contribution in [-0.4, -0.2) is 46.9 Å². The zero-order valence-electron chi connectivity index (χ0n) is 20.4. The number of pyridine rings is 1. The number of hydrogen-bond acceptors (Lipinski definition) is 6. The summed E-state index contributed by atoms with van der Waals surface area (Å²) in [4.78, 5) is 34.3. The molecule has 7 nitrogen and oxygen atoms in total. The van der Waals surface area contributed by atoms with E-state index in [0.717, 1.165) is 29.9 Å². The lowest BCUT2D eigenvalue weighted by molar-refractivity contribution is -0.140. The molecular weight excluding hydrogens is 478 g/mol. The third kappa shape index (κ3) is 4.79. The van der Waals surface area contributed by atoms with Crippen LogP contribution in [0.2, 0.25) is 5.02 Å². The van der Waals surface area contributed by atoms with Crippen molar-refractivity contribution in [3.8, 4) is 5.75 Å². The van der Waals surface area contributed by atoms with Crippen LogP contribution < -0.4 is 9.64 Å². The molecule has 1 N–H and O–H groups in total. The van der Waals surface area contributed by atoms with Gasteiger partial charge in [0.05, 0.1) is 23.7 Å². The first-order valence-electron chi connectivity index (χ1n) is 11.8. The number of likely N-dealkylation sites (tertiary alicyclic amines) is 1. The molecule has 1 aromatic heterocycles. The summed E-state index contributed by atoms with van der Waals surface area (Å²) >= 11 is 6.28. The van der Waals surface area contributed by atoms with Gasteiger partial charge in [-0.15, -0.1) is 0 Å². The molecule has 0 radical (unpaired) electrons. The number of rotatable bonds is 8. The minimum atomic E-state index is -0.781. The minimum absolute atomic E-state index is 0.0145. The van der Waals surface area contributed by atoms with Crippen LogP contribution in [0.25, 0.3) is 5.76 Å². The standard InChI is InChI=1S/C28H28ClN3O4/c1-4-31(5-2)21-11-8-19(9-12-21)25-24(26(33)20-10-13-23(36-3)22(29)15-20)27(34)28(35)32(25)17-18-7-6-14-30-16-18/h6-16,25,33H,4-5,17H2,1-3H3/b26-24-. The molecule has 0 bridgehead atoms. The number of methoxy groups -OCH3 is 1. The van der Waals surface area contributed by atoms with Crippen LogP contribution in [0.4, 0.5) is 5.69 Å². The van der Waals surface area contributed by atoms with E-state index in [1.807, 2.05) is 30.3 Å². The van der Waals surface area contributed by atoms with Gasteiger partial charge < -0.3 is 19.6 Å². The minimum Gasteiger partial charge on any atom is -0.507 e. The number of amides is 1. The molecule has 1 fully saturated rings. The number of carbonyl (C=O) groups is 2. The predicted molar refractivity (Wildman–Crippen MR) is 140 cm³/mol. The summed E-state index contributed by atoms with van der Waals surface area (Å²) in [5, 5.41) is 11.6. The van der Waals surface area contributed by atoms with Crippen LogP contribution in [0.15, 0.2) is 72.6 Å². The Bertz CT molecular complexity index is 1290. The van der Waals surface area contributed by atoms with Gasteiger partial charge in [-0.1, -0.05) is 29.8 Å². The van der Waals surface area contributed by atoms with Crippen molar-refractivity contribution in [1.82, 2.24) is 9.88 Å². The van der Waals surface area contributed by atoms with Crippen molar-refractivity contribution in [3.05, 3.63) is 94.3 Å². The van der Waals surface area contributed by atoms with Gasteiger partial charge in [-0.05, 0) is 61.4 Å². The number of hydrogen-bond donors (Lipinski definition) is 1. The normalized spacial score (nSPS) is 16.9. The number of Topliss-reactive ketones (excluding diaryl/α,β-unsaturated/α-hetero) is 1. The number of halogens is 1. The average Bonchev–Trinajstić information content (AvgIpc) is 3.15. The molecule has 4 rings (SSSR count). The number of aliphatic hydroxyl groups is 1. The number of ether oxygens (including phenoxy) is 1. The second-order valence-corrected chi connectivity index (χ2v) is 8.81. The van der Waals surface area contributed by atoms with Gasteiger partial charge in [0.15, 0.2) is 0 Å². The lowest BCUT2D eigenvalue weighted by Crippen LogP contribution is -2.29. The van der Waals surface area contributed by atoms with Gasteiger partial charge in [0.1, 0.15) is 11.5 Å². The Balaban J connectivity index is 1.84. The Morgan fingerprint density at radius 2 is 1.83 bits per heavy atom. The maximum atomic E-state index is 13.3. The molecular formula is C28H28ClN3O4. The Hall–Kier alpha value is -3.84. The van der Waals surface area contributed by atoms with Crippen molar-refractivity contribution in [2.45, 2.75) is 26.4 Å². The van der Waals surface area contributed by atoms with Crippen molar-refractivity contribution in [2.75, 3.05) is 25.1 Å². The summed E-state index contributed by atoms with van der Waals surface area (Å²) in [6, 6.07) is 15.3. The predicted octanol–water partition coefficient (Wildman–Crippen LogP) is 5.21. The topological polar surface area (TPSA) is 83.0 Å². The molecule has 2 heterocycles. The van der Waals surface area contributed by atoms with E-state index in [4.69, 9.17) is 16.3 Å². The van der Waals surface area contributed by atoms with Gasteiger partial charge in [0, 0.05) is 43.3 Å². The van der Waals surface area contributed by atoms with E-state index in [1.165, 1.54) is 18.1 Å². The van der Waals surface area contributed by atoms with Crippen molar-refractivity contribution in [1.29, 1.82) is 0 Å². The Morgan fingerprint density at radius 3 is 2.42 bits per heavy atom. The highest BCUT2D eigenvalue weighted by molar-refractivity contribution is 6.46. The van der Waals surface area contributed by atoms with Crippen LogP contribution in [0.5, 0.6) is 5.75 Å². The third-order valence-corrected chi connectivity index (χ3v) is 6.67. The number of benzene rings is 2. The second kappa shape index (κ2) is 10.8. The summed E-state index contributed by atoms with van der Waals surface area (Å²) in [6.07, 6.45) is 3.30. The highest BCUT2D eigenvalue weighted by atomic mass is 35.5. The molecule has 1 aliphatic rings. The number of aliphatic hydroxyl groups excluding tert-OH is 1. The number of carbonyl (C=O) groups excluding carboxylic acids is 2. The molecule has 1 saturated heterocycles. The Labute approximate surface area is 215 Å². The van der Waals surface area contributed by atoms with E-state index >= 15 is 0 Å². The largest absolute Gasteiger partial charge is 0.507 e. The second-order valence-electron chi connectivity index (χ2n) is 8.40. The number of aromatic nitrogens is 1. The zero-order chi connectivity index (χ0) is 25.8. The van der Waals surface area contributed by atoms with E-state index in [2.05, 4.69) is 23.7 Å². The number of nitrogens with zero attached hydrogens (tertiary/aromatic N) is 3. The fraction of sp³-hybridized carbons (Fsp3) is 0.250. The van der Waals surface area contributed by atoms with Gasteiger partial charge in [-0.25, -0.2) is 0 Å². The van der Waals surface area contributed by atoms with Crippen molar-refractivity contribution in [2.24, 2.45) is 0 Å². The fourth-order valence-electron chi connectivity index (χ4n) is 4.50. The molecule has 2 aromatic carbocycles. The first kappa shape index (κ1) is 25.3. The molecule has 1 atom stereocenters. The van der Waals surface area contributed by atoms with Crippen molar-refractivity contribution >= 4 is 34.7 Å². The molecule has 1 aliphatic heterocycles. The smallest absolute Gasteiger partial charge is 0.295 e. The number of ketones is 1. The summed E-state index contributed by atoms with van der Waals surface area (Å²) < 4.78 is 5.20. The average molecular weight is 506 g/mol. The van der Waals surface area contributed by atoms with E-state index in [9.17, 15) is 14.7 Å². The molecule has 1 amide bonds. The van der Waals surface area contributed by atoms with Crippen molar-refractivity contribution < 1.29 is 19.4 Å². The summed E-state index contributed by atoms with van der Waals surface area (Å²) in [5.41, 5.74) is 2.87. The van der Waals surface area contributed by atoms with Crippen LogP contribution in [-0.2, 0) is 16.1 Å². The highest BCUT2D eigenvalue weighted by Gasteiger charge is 2.46. The van der Waals surface area contributed by atoms with E-state index in [0.29, 0.717) is 11.3 Å². The first-order chi connectivity index (χ1) is 17.4. The molecule has 8 heteroatoms. The lowest BCUT2D eigenvalue weighted by atomic mass is 9.95. The fourth-order valence-corrected chi connectivity index (χ4v) is 4.76. The monoisotopic (exact) mass is 505 g/mol. The van der Waals surface area contributed by atoms with Gasteiger partial charge >= 0.3 is 0 Å². The summed E-state index contributed by atoms with van der Waals surface area (Å²) in [7, 11) is 1.49. The van der Waals surface area contributed by atoms with Gasteiger partial charge in [0.2, 0.25) is 0 Å². The van der Waals surface area contributed by atoms with Gasteiger partial charge in [-0.2, -0.15) is 0 Å². The van der Waals surface area contributed by atoms with Crippen LogP contribution in [0.3, 0.4) is 0 Å². The van der Waals surface area contributed by atoms with E-state index < -0.39 is 17.7 Å². The molecule has 186 valence electrons. The SMILES string of the molecule is CCN(CC)c1ccc(C2/C(=C(/O)c3ccc(OC)c(Cl)c3)C(=O)C(=O)N2Cc2cccnc2)cc1. The Kier molecular flexibility index (Phi) is 7.60. The van der Waals surface area contributed by atoms with Gasteiger partial charge in [-0.3, -0.25) is 14.6 Å². The number of anilines is 1. The third-order valence-electron chi connectivity index (χ3n) is 6.38. The maximum Gasteiger partial charge on any atom is 0.295 e. The molecule has 0 saturated carbocycles. The zero-order valence-corrected chi connectivity index (χ0v) is 21.2. The Morgan fingerprint density at radius 1 is 1.11 bits per heavy atom. The first-order valence-corrected chi connectivity index (χ1v) is 12.1. The van der Waals surface area contributed by atoms with E-state index in [-0.39, 0.29) is 22.9 Å². The van der Waals surface area contributed by atoms with Crippen LogP contribution in [0, 0.1) is 0 Å². The van der Waals surface area contributed by atoms with Gasteiger partial charge in [0.25, 0.3) is 11.7 Å². The van der Waals surface area contributed by atoms with E-state index in [1.54, 1.807) is 30.6 Å². The molecule has 3 aromatic rings. The molecule has 1 unspecified atom stereocenters. The van der Waals surface area contributed by atoms with Crippen LogP contribution >= 0.6 is 11.6 Å².